The Morgan fingerprint density at radius 2 is 2.06 bits per heavy atom. The van der Waals surface area contributed by atoms with Crippen LogP contribution in [-0.2, 0) is 0 Å². The molecule has 2 atom stereocenters. The molecule has 0 N–H and O–H groups in total. The Kier molecular flexibility index (Phi) is 3.97. The number of Topliss-reactive ketones (excluding diaryl/α,β-unsaturated/α-hetero) is 1. The largest absolute Gasteiger partial charge is 0.294 e. The van der Waals surface area contributed by atoms with E-state index >= 15 is 0 Å². The van der Waals surface area contributed by atoms with Crippen LogP contribution in [0, 0.1) is 17.7 Å². The average molecular weight is 299 g/mol. The average Bonchev–Trinajstić information content (AvgIpc) is 2.29. The number of benzene rings is 1. The summed E-state index contributed by atoms with van der Waals surface area (Å²) < 4.78 is 14.4. The van der Waals surface area contributed by atoms with Crippen LogP contribution in [0.15, 0.2) is 22.7 Å². The molecule has 0 bridgehead atoms. The summed E-state index contributed by atoms with van der Waals surface area (Å²) in [5.74, 6) is -0.0666. The summed E-state index contributed by atoms with van der Waals surface area (Å²) in [6, 6.07) is 4.67. The van der Waals surface area contributed by atoms with Gasteiger partial charge in [0.25, 0.3) is 0 Å². The highest BCUT2D eigenvalue weighted by atomic mass is 79.9. The lowest BCUT2D eigenvalue weighted by Gasteiger charge is -2.27. The summed E-state index contributed by atoms with van der Waals surface area (Å²) in [5.41, 5.74) is 0.243. The number of carbonyl (C=O) groups excluding carboxylic acids is 1. The second kappa shape index (κ2) is 5.30. The summed E-state index contributed by atoms with van der Waals surface area (Å²) in [6.45, 7) is 2.10. The standard InChI is InChI=1S/C14H16BrFO/c1-9-4-2-3-5-11(9)14(17)12-7-6-10(15)8-13(12)16/h6-9,11H,2-5H2,1H3. The minimum absolute atomic E-state index is 0.000532. The molecule has 92 valence electrons. The van der Waals surface area contributed by atoms with Crippen molar-refractivity contribution in [1.82, 2.24) is 0 Å². The Morgan fingerprint density at radius 3 is 2.71 bits per heavy atom. The fraction of sp³-hybridized carbons (Fsp3) is 0.500. The van der Waals surface area contributed by atoms with E-state index in [2.05, 4.69) is 22.9 Å². The zero-order valence-electron chi connectivity index (χ0n) is 9.88. The Hall–Kier alpha value is -0.700. The Bertz CT molecular complexity index is 430. The Balaban J connectivity index is 2.24. The molecule has 0 radical (unpaired) electrons. The van der Waals surface area contributed by atoms with Gasteiger partial charge in [-0.05, 0) is 30.5 Å². The molecule has 0 spiro atoms. The lowest BCUT2D eigenvalue weighted by molar-refractivity contribution is 0.0833. The van der Waals surface area contributed by atoms with Crippen LogP contribution < -0.4 is 0 Å². The van der Waals surface area contributed by atoms with E-state index in [9.17, 15) is 9.18 Å². The highest BCUT2D eigenvalue weighted by molar-refractivity contribution is 9.10. The van der Waals surface area contributed by atoms with Crippen LogP contribution in [0.1, 0.15) is 43.0 Å². The second-order valence-corrected chi connectivity index (χ2v) is 5.77. The van der Waals surface area contributed by atoms with Crippen molar-refractivity contribution in [2.75, 3.05) is 0 Å². The van der Waals surface area contributed by atoms with Gasteiger partial charge >= 0.3 is 0 Å². The number of ketones is 1. The van der Waals surface area contributed by atoms with Crippen LogP contribution >= 0.6 is 15.9 Å². The molecule has 17 heavy (non-hydrogen) atoms. The normalized spacial score (nSPS) is 24.6. The zero-order chi connectivity index (χ0) is 12.4. The molecule has 1 aromatic carbocycles. The van der Waals surface area contributed by atoms with Crippen LogP contribution in [0.4, 0.5) is 4.39 Å². The molecular formula is C14H16BrFO. The molecule has 3 heteroatoms. The van der Waals surface area contributed by atoms with Crippen LogP contribution in [0.25, 0.3) is 0 Å². The number of halogens is 2. The minimum atomic E-state index is -0.415. The second-order valence-electron chi connectivity index (χ2n) is 4.86. The summed E-state index contributed by atoms with van der Waals surface area (Å²) >= 11 is 3.20. The Morgan fingerprint density at radius 1 is 1.35 bits per heavy atom. The van der Waals surface area contributed by atoms with Crippen molar-refractivity contribution >= 4 is 21.7 Å². The van der Waals surface area contributed by atoms with Gasteiger partial charge in [-0.15, -0.1) is 0 Å². The fourth-order valence-corrected chi connectivity index (χ4v) is 2.93. The molecular weight excluding hydrogens is 283 g/mol. The predicted octanol–water partition coefficient (Wildman–Crippen LogP) is 4.60. The fourth-order valence-electron chi connectivity index (χ4n) is 2.59. The Labute approximate surface area is 110 Å². The number of hydrogen-bond donors (Lipinski definition) is 0. The third kappa shape index (κ3) is 2.76. The summed E-state index contributed by atoms with van der Waals surface area (Å²) in [5, 5.41) is 0. The monoisotopic (exact) mass is 298 g/mol. The van der Waals surface area contributed by atoms with Gasteiger partial charge in [0.1, 0.15) is 5.82 Å². The molecule has 1 saturated carbocycles. The minimum Gasteiger partial charge on any atom is -0.294 e. The highest BCUT2D eigenvalue weighted by Crippen LogP contribution is 2.32. The smallest absolute Gasteiger partial charge is 0.169 e. The first-order valence-corrected chi connectivity index (χ1v) is 6.88. The molecule has 0 saturated heterocycles. The molecule has 0 amide bonds. The van der Waals surface area contributed by atoms with Gasteiger partial charge in [-0.2, -0.15) is 0 Å². The molecule has 1 nitrogen and oxygen atoms in total. The third-order valence-electron chi connectivity index (χ3n) is 3.64. The lowest BCUT2D eigenvalue weighted by Crippen LogP contribution is -2.26. The molecule has 2 unspecified atom stereocenters. The predicted molar refractivity (Wildman–Crippen MR) is 69.6 cm³/mol. The van der Waals surface area contributed by atoms with Crippen molar-refractivity contribution in [3.05, 3.63) is 34.1 Å². The van der Waals surface area contributed by atoms with E-state index in [0.717, 1.165) is 19.3 Å². The number of hydrogen-bond acceptors (Lipinski definition) is 1. The molecule has 1 aliphatic rings. The van der Waals surface area contributed by atoms with Crippen LogP contribution in [0.2, 0.25) is 0 Å². The molecule has 0 heterocycles. The van der Waals surface area contributed by atoms with E-state index in [1.807, 2.05) is 0 Å². The summed E-state index contributed by atoms with van der Waals surface area (Å²) in [7, 11) is 0. The maximum atomic E-state index is 13.7. The first kappa shape index (κ1) is 12.7. The van der Waals surface area contributed by atoms with E-state index < -0.39 is 5.82 Å². The number of carbonyl (C=O) groups is 1. The van der Waals surface area contributed by atoms with Crippen molar-refractivity contribution in [3.63, 3.8) is 0 Å². The van der Waals surface area contributed by atoms with Gasteiger partial charge in [0.05, 0.1) is 5.56 Å². The molecule has 1 aliphatic carbocycles. The third-order valence-corrected chi connectivity index (χ3v) is 4.14. The SMILES string of the molecule is CC1CCCCC1C(=O)c1ccc(Br)cc1F. The topological polar surface area (TPSA) is 17.1 Å². The zero-order valence-corrected chi connectivity index (χ0v) is 11.5. The van der Waals surface area contributed by atoms with E-state index in [4.69, 9.17) is 0 Å². The van der Waals surface area contributed by atoms with Gasteiger partial charge in [-0.1, -0.05) is 42.1 Å². The van der Waals surface area contributed by atoms with Gasteiger partial charge in [0.15, 0.2) is 5.78 Å². The summed E-state index contributed by atoms with van der Waals surface area (Å²) in [4.78, 5) is 12.3. The molecule has 1 fully saturated rings. The molecule has 0 aromatic heterocycles. The maximum absolute atomic E-state index is 13.7. The van der Waals surface area contributed by atoms with Crippen LogP contribution in [0.5, 0.6) is 0 Å². The first-order valence-electron chi connectivity index (χ1n) is 6.09. The highest BCUT2D eigenvalue weighted by Gasteiger charge is 2.29. The quantitative estimate of drug-likeness (QED) is 0.730. The van der Waals surface area contributed by atoms with Gasteiger partial charge in [0.2, 0.25) is 0 Å². The first-order chi connectivity index (χ1) is 8.09. The van der Waals surface area contributed by atoms with Crippen molar-refractivity contribution in [2.24, 2.45) is 11.8 Å². The van der Waals surface area contributed by atoms with Crippen molar-refractivity contribution < 1.29 is 9.18 Å². The molecule has 0 aliphatic heterocycles. The van der Waals surface area contributed by atoms with E-state index in [0.29, 0.717) is 10.4 Å². The van der Waals surface area contributed by atoms with Crippen molar-refractivity contribution in [3.8, 4) is 0 Å². The van der Waals surface area contributed by atoms with Crippen LogP contribution in [0.3, 0.4) is 0 Å². The van der Waals surface area contributed by atoms with Gasteiger partial charge < -0.3 is 0 Å². The molecule has 2 rings (SSSR count). The van der Waals surface area contributed by atoms with Crippen molar-refractivity contribution in [2.45, 2.75) is 32.6 Å². The van der Waals surface area contributed by atoms with E-state index in [1.165, 1.54) is 12.5 Å². The lowest BCUT2D eigenvalue weighted by atomic mass is 9.76. The van der Waals surface area contributed by atoms with Gasteiger partial charge in [0, 0.05) is 10.4 Å². The van der Waals surface area contributed by atoms with Crippen LogP contribution in [-0.4, -0.2) is 5.78 Å². The van der Waals surface area contributed by atoms with E-state index in [1.54, 1.807) is 12.1 Å². The van der Waals surface area contributed by atoms with Crippen molar-refractivity contribution in [1.29, 1.82) is 0 Å². The summed E-state index contributed by atoms with van der Waals surface area (Å²) in [6.07, 6.45) is 4.25. The van der Waals surface area contributed by atoms with Gasteiger partial charge in [-0.3, -0.25) is 4.79 Å². The maximum Gasteiger partial charge on any atom is 0.169 e. The number of rotatable bonds is 2. The van der Waals surface area contributed by atoms with E-state index in [-0.39, 0.29) is 17.3 Å². The van der Waals surface area contributed by atoms with Gasteiger partial charge in [-0.25, -0.2) is 4.39 Å². The molecule has 1 aromatic rings.